The van der Waals surface area contributed by atoms with Crippen LogP contribution in [-0.4, -0.2) is 35.5 Å². The molecule has 0 radical (unpaired) electrons. The molecule has 2 fully saturated rings. The Hall–Kier alpha value is -0.220. The Bertz CT molecular complexity index is 264. The molecule has 4 heteroatoms. The minimum atomic E-state index is 0.0370. The zero-order chi connectivity index (χ0) is 11.6. The van der Waals surface area contributed by atoms with Gasteiger partial charge >= 0.3 is 0 Å². The fraction of sp³-hybridized carbons (Fsp3) is 0.917. The summed E-state index contributed by atoms with van der Waals surface area (Å²) in [5.41, 5.74) is 0. The van der Waals surface area contributed by atoms with E-state index in [2.05, 4.69) is 24.5 Å². The van der Waals surface area contributed by atoms with Crippen molar-refractivity contribution in [2.45, 2.75) is 43.9 Å². The Morgan fingerprint density at radius 3 is 3.00 bits per heavy atom. The minimum absolute atomic E-state index is 0.0370. The third-order valence-corrected chi connectivity index (χ3v) is 5.29. The van der Waals surface area contributed by atoms with Crippen LogP contribution in [0, 0.1) is 5.92 Å². The van der Waals surface area contributed by atoms with Gasteiger partial charge in [0.25, 0.3) is 0 Å². The zero-order valence-corrected chi connectivity index (χ0v) is 11.0. The molecule has 3 atom stereocenters. The Morgan fingerprint density at radius 1 is 1.62 bits per heavy atom. The lowest BCUT2D eigenvalue weighted by atomic mass is 10.0. The molecule has 2 aliphatic rings. The Labute approximate surface area is 102 Å². The molecule has 2 aliphatic heterocycles. The van der Waals surface area contributed by atoms with Crippen LogP contribution in [0.2, 0.25) is 0 Å². The molecule has 2 saturated heterocycles. The van der Waals surface area contributed by atoms with Gasteiger partial charge in [0.2, 0.25) is 5.91 Å². The number of carbonyl (C=O) groups is 1. The van der Waals surface area contributed by atoms with Crippen molar-refractivity contribution in [3.8, 4) is 0 Å². The number of hydrogen-bond acceptors (Lipinski definition) is 3. The van der Waals surface area contributed by atoms with Gasteiger partial charge in [0, 0.05) is 11.3 Å². The van der Waals surface area contributed by atoms with Crippen molar-refractivity contribution in [1.29, 1.82) is 0 Å². The van der Waals surface area contributed by atoms with Crippen LogP contribution < -0.4 is 10.6 Å². The molecule has 3 unspecified atom stereocenters. The van der Waals surface area contributed by atoms with Gasteiger partial charge in [-0.05, 0) is 44.4 Å². The van der Waals surface area contributed by atoms with Crippen LogP contribution in [0.3, 0.4) is 0 Å². The lowest BCUT2D eigenvalue weighted by molar-refractivity contribution is -0.123. The highest BCUT2D eigenvalue weighted by atomic mass is 32.2. The summed E-state index contributed by atoms with van der Waals surface area (Å²) < 4.78 is 0.275. The standard InChI is InChI=1S/C12H22N2OS/c1-9-4-6-13-10(9)11(15)14-8-12(2)5-3-7-16-12/h9-10,13H,3-8H2,1-2H3,(H,14,15). The number of amides is 1. The largest absolute Gasteiger partial charge is 0.353 e. The number of nitrogens with one attached hydrogen (secondary N) is 2. The monoisotopic (exact) mass is 242 g/mol. The fourth-order valence-electron chi connectivity index (χ4n) is 2.55. The maximum absolute atomic E-state index is 12.0. The predicted molar refractivity (Wildman–Crippen MR) is 68.7 cm³/mol. The topological polar surface area (TPSA) is 41.1 Å². The Morgan fingerprint density at radius 2 is 2.44 bits per heavy atom. The maximum Gasteiger partial charge on any atom is 0.237 e. The lowest BCUT2D eigenvalue weighted by Gasteiger charge is -2.24. The van der Waals surface area contributed by atoms with E-state index in [1.165, 1.54) is 18.6 Å². The molecule has 0 aliphatic carbocycles. The van der Waals surface area contributed by atoms with E-state index in [4.69, 9.17) is 0 Å². The fourth-order valence-corrected chi connectivity index (χ4v) is 3.79. The van der Waals surface area contributed by atoms with Crippen molar-refractivity contribution < 1.29 is 4.79 Å². The van der Waals surface area contributed by atoms with Gasteiger partial charge in [-0.15, -0.1) is 0 Å². The van der Waals surface area contributed by atoms with Gasteiger partial charge in [-0.3, -0.25) is 4.79 Å². The molecule has 1 amide bonds. The molecule has 3 nitrogen and oxygen atoms in total. The van der Waals surface area contributed by atoms with Gasteiger partial charge in [-0.2, -0.15) is 11.8 Å². The molecule has 0 bridgehead atoms. The van der Waals surface area contributed by atoms with Gasteiger partial charge in [-0.25, -0.2) is 0 Å². The zero-order valence-electron chi connectivity index (χ0n) is 10.2. The highest BCUT2D eigenvalue weighted by Crippen LogP contribution is 2.36. The maximum atomic E-state index is 12.0. The first-order chi connectivity index (χ1) is 7.61. The number of thioether (sulfide) groups is 1. The molecule has 2 N–H and O–H groups in total. The van der Waals surface area contributed by atoms with E-state index in [0.717, 1.165) is 19.5 Å². The normalized spacial score (nSPS) is 38.9. The quantitative estimate of drug-likeness (QED) is 0.786. The summed E-state index contributed by atoms with van der Waals surface area (Å²) in [5, 5.41) is 6.39. The molecular weight excluding hydrogens is 220 g/mol. The third-order valence-electron chi connectivity index (χ3n) is 3.75. The van der Waals surface area contributed by atoms with Crippen molar-refractivity contribution in [3.05, 3.63) is 0 Å². The van der Waals surface area contributed by atoms with Crippen LogP contribution >= 0.6 is 11.8 Å². The molecule has 2 rings (SSSR count). The molecule has 0 aromatic rings. The summed E-state index contributed by atoms with van der Waals surface area (Å²) in [6, 6.07) is 0.0370. The predicted octanol–water partition coefficient (Wildman–Crippen LogP) is 1.39. The number of rotatable bonds is 3. The third kappa shape index (κ3) is 2.72. The van der Waals surface area contributed by atoms with Gasteiger partial charge in [-0.1, -0.05) is 6.92 Å². The average molecular weight is 242 g/mol. The number of carbonyl (C=O) groups excluding carboxylic acids is 1. The van der Waals surface area contributed by atoms with E-state index in [9.17, 15) is 4.79 Å². The van der Waals surface area contributed by atoms with Crippen molar-refractivity contribution in [1.82, 2.24) is 10.6 Å². The first-order valence-electron chi connectivity index (χ1n) is 6.26. The number of hydrogen-bond donors (Lipinski definition) is 2. The highest BCUT2D eigenvalue weighted by Gasteiger charge is 2.33. The van der Waals surface area contributed by atoms with E-state index >= 15 is 0 Å². The van der Waals surface area contributed by atoms with Crippen molar-refractivity contribution in [2.75, 3.05) is 18.8 Å². The second kappa shape index (κ2) is 4.96. The van der Waals surface area contributed by atoms with E-state index in [1.54, 1.807) is 0 Å². The summed E-state index contributed by atoms with van der Waals surface area (Å²) in [4.78, 5) is 12.0. The summed E-state index contributed by atoms with van der Waals surface area (Å²) in [6.07, 6.45) is 3.63. The van der Waals surface area contributed by atoms with Crippen molar-refractivity contribution >= 4 is 17.7 Å². The average Bonchev–Trinajstić information content (AvgIpc) is 2.85. The summed E-state index contributed by atoms with van der Waals surface area (Å²) >= 11 is 1.99. The summed E-state index contributed by atoms with van der Waals surface area (Å²) in [7, 11) is 0. The molecular formula is C12H22N2OS. The van der Waals surface area contributed by atoms with Crippen LogP contribution in [0.15, 0.2) is 0 Å². The molecule has 0 aromatic heterocycles. The second-order valence-corrected chi connectivity index (χ2v) is 7.00. The van der Waals surface area contributed by atoms with Crippen LogP contribution in [0.1, 0.15) is 33.1 Å². The molecule has 92 valence electrons. The van der Waals surface area contributed by atoms with Crippen molar-refractivity contribution in [3.63, 3.8) is 0 Å². The summed E-state index contributed by atoms with van der Waals surface area (Å²) in [6.45, 7) is 6.21. The lowest BCUT2D eigenvalue weighted by Crippen LogP contribution is -2.47. The van der Waals surface area contributed by atoms with Crippen molar-refractivity contribution in [2.24, 2.45) is 5.92 Å². The first kappa shape index (κ1) is 12.2. The second-order valence-electron chi connectivity index (χ2n) is 5.32. The van der Waals surface area contributed by atoms with Crippen LogP contribution in [0.5, 0.6) is 0 Å². The van der Waals surface area contributed by atoms with Crippen LogP contribution in [0.4, 0.5) is 0 Å². The SMILES string of the molecule is CC1CCNC1C(=O)NCC1(C)CCCS1. The van der Waals surface area contributed by atoms with Gasteiger partial charge < -0.3 is 10.6 Å². The summed E-state index contributed by atoms with van der Waals surface area (Å²) in [5.74, 6) is 1.91. The smallest absolute Gasteiger partial charge is 0.237 e. The van der Waals surface area contributed by atoms with Gasteiger partial charge in [0.05, 0.1) is 6.04 Å². The van der Waals surface area contributed by atoms with Gasteiger partial charge in [0.1, 0.15) is 0 Å². The van der Waals surface area contributed by atoms with Crippen LogP contribution in [-0.2, 0) is 4.79 Å². The van der Waals surface area contributed by atoms with Gasteiger partial charge in [0.15, 0.2) is 0 Å². The van der Waals surface area contributed by atoms with E-state index in [0.29, 0.717) is 5.92 Å². The minimum Gasteiger partial charge on any atom is -0.353 e. The molecule has 0 spiro atoms. The Kier molecular flexibility index (Phi) is 3.80. The van der Waals surface area contributed by atoms with E-state index < -0.39 is 0 Å². The van der Waals surface area contributed by atoms with Crippen LogP contribution in [0.25, 0.3) is 0 Å². The Balaban J connectivity index is 1.79. The molecule has 0 saturated carbocycles. The van der Waals surface area contributed by atoms with E-state index in [1.807, 2.05) is 11.8 Å². The molecule has 0 aromatic carbocycles. The first-order valence-corrected chi connectivity index (χ1v) is 7.24. The highest BCUT2D eigenvalue weighted by molar-refractivity contribution is 8.00. The molecule has 16 heavy (non-hydrogen) atoms. The molecule has 2 heterocycles. The van der Waals surface area contributed by atoms with E-state index in [-0.39, 0.29) is 16.7 Å².